The van der Waals surface area contributed by atoms with Crippen molar-refractivity contribution < 1.29 is 8.42 Å². The van der Waals surface area contributed by atoms with E-state index in [-0.39, 0.29) is 12.0 Å². The molecule has 120 valence electrons. The molecule has 0 spiro atoms. The molecule has 1 aromatic carbocycles. The van der Waals surface area contributed by atoms with Gasteiger partial charge in [-0.15, -0.1) is 11.6 Å². The van der Waals surface area contributed by atoms with Gasteiger partial charge >= 0.3 is 0 Å². The summed E-state index contributed by atoms with van der Waals surface area (Å²) in [5.74, 6) is 0.614. The Kier molecular flexibility index (Phi) is 6.70. The van der Waals surface area contributed by atoms with Crippen molar-refractivity contribution in [3.8, 4) is 0 Å². The smallest absolute Gasteiger partial charge is 0.207 e. The minimum Gasteiger partial charge on any atom is -0.207 e. The van der Waals surface area contributed by atoms with Crippen LogP contribution in [0.25, 0.3) is 0 Å². The molecule has 1 aromatic rings. The van der Waals surface area contributed by atoms with E-state index in [4.69, 9.17) is 11.6 Å². The lowest BCUT2D eigenvalue weighted by Crippen LogP contribution is -2.39. The van der Waals surface area contributed by atoms with Crippen molar-refractivity contribution in [2.24, 2.45) is 5.92 Å². The van der Waals surface area contributed by atoms with Crippen LogP contribution in [0.1, 0.15) is 45.7 Å². The fourth-order valence-electron chi connectivity index (χ4n) is 2.31. The largest absolute Gasteiger partial charge is 0.243 e. The standard InChI is InChI=1S/C16H26ClNO2S/c1-6-14-7-8-16(9-15(14)10-17)21(19,20)18(13(4)5)11-12(2)3/h7-9,12-13H,6,10-11H2,1-5H3. The first-order valence-electron chi connectivity index (χ1n) is 7.43. The fraction of sp³-hybridized carbons (Fsp3) is 0.625. The number of rotatable bonds is 7. The zero-order valence-corrected chi connectivity index (χ0v) is 15.1. The maximum Gasteiger partial charge on any atom is 0.243 e. The van der Waals surface area contributed by atoms with Crippen LogP contribution in [0.4, 0.5) is 0 Å². The first-order valence-corrected chi connectivity index (χ1v) is 9.41. The summed E-state index contributed by atoms with van der Waals surface area (Å²) in [6.45, 7) is 10.4. The Morgan fingerprint density at radius 2 is 1.76 bits per heavy atom. The topological polar surface area (TPSA) is 37.4 Å². The molecule has 1 rings (SSSR count). The monoisotopic (exact) mass is 331 g/mol. The number of nitrogens with zero attached hydrogens (tertiary/aromatic N) is 1. The lowest BCUT2D eigenvalue weighted by molar-refractivity contribution is 0.319. The molecular weight excluding hydrogens is 306 g/mol. The highest BCUT2D eigenvalue weighted by molar-refractivity contribution is 7.89. The van der Waals surface area contributed by atoms with Gasteiger partial charge in [0.05, 0.1) is 4.90 Å². The normalized spacial score (nSPS) is 12.6. The first-order chi connectivity index (χ1) is 9.73. The van der Waals surface area contributed by atoms with E-state index in [9.17, 15) is 8.42 Å². The van der Waals surface area contributed by atoms with Crippen molar-refractivity contribution in [3.05, 3.63) is 29.3 Å². The molecule has 0 aliphatic heterocycles. The van der Waals surface area contributed by atoms with E-state index in [1.54, 1.807) is 16.4 Å². The molecule has 0 radical (unpaired) electrons. The maximum atomic E-state index is 12.9. The quantitative estimate of drug-likeness (QED) is 0.707. The number of halogens is 1. The minimum absolute atomic E-state index is 0.0669. The highest BCUT2D eigenvalue weighted by atomic mass is 35.5. The van der Waals surface area contributed by atoms with Crippen molar-refractivity contribution in [3.63, 3.8) is 0 Å². The number of sulfonamides is 1. The molecule has 0 saturated carbocycles. The van der Waals surface area contributed by atoms with E-state index >= 15 is 0 Å². The Morgan fingerprint density at radius 1 is 1.14 bits per heavy atom. The predicted octanol–water partition coefficient (Wildman–Crippen LogP) is 4.04. The fourth-order valence-corrected chi connectivity index (χ4v) is 4.41. The van der Waals surface area contributed by atoms with Gasteiger partial charge in [-0.2, -0.15) is 4.31 Å². The first kappa shape index (κ1) is 18.5. The SMILES string of the molecule is CCc1ccc(S(=O)(=O)N(CC(C)C)C(C)C)cc1CCl. The van der Waals surface area contributed by atoms with Crippen LogP contribution in [0.3, 0.4) is 0 Å². The number of hydrogen-bond donors (Lipinski definition) is 0. The summed E-state index contributed by atoms with van der Waals surface area (Å²) in [5.41, 5.74) is 2.00. The summed E-state index contributed by atoms with van der Waals surface area (Å²) in [6, 6.07) is 5.22. The summed E-state index contributed by atoms with van der Waals surface area (Å²) in [6.07, 6.45) is 0.849. The lowest BCUT2D eigenvalue weighted by atomic mass is 10.1. The second-order valence-corrected chi connectivity index (χ2v) is 8.14. The van der Waals surface area contributed by atoms with Gasteiger partial charge in [0, 0.05) is 18.5 Å². The molecule has 0 bridgehead atoms. The van der Waals surface area contributed by atoms with E-state index in [1.807, 2.05) is 40.7 Å². The average Bonchev–Trinajstić information content (AvgIpc) is 2.43. The third-order valence-corrected chi connectivity index (χ3v) is 5.76. The Labute approximate surface area is 134 Å². The van der Waals surface area contributed by atoms with E-state index < -0.39 is 10.0 Å². The highest BCUT2D eigenvalue weighted by Gasteiger charge is 2.28. The van der Waals surface area contributed by atoms with Crippen LogP contribution in [-0.2, 0) is 22.3 Å². The molecule has 0 fully saturated rings. The second kappa shape index (κ2) is 7.61. The van der Waals surface area contributed by atoms with Gasteiger partial charge in [-0.05, 0) is 49.4 Å². The van der Waals surface area contributed by atoms with Crippen LogP contribution in [0.15, 0.2) is 23.1 Å². The molecule has 0 heterocycles. The number of benzene rings is 1. The Balaban J connectivity index is 3.28. The van der Waals surface area contributed by atoms with Gasteiger partial charge in [0.25, 0.3) is 0 Å². The number of hydrogen-bond acceptors (Lipinski definition) is 2. The Morgan fingerprint density at radius 3 is 2.19 bits per heavy atom. The molecule has 5 heteroatoms. The van der Waals surface area contributed by atoms with Crippen molar-refractivity contribution in [1.29, 1.82) is 0 Å². The van der Waals surface area contributed by atoms with E-state index in [0.717, 1.165) is 17.5 Å². The van der Waals surface area contributed by atoms with Gasteiger partial charge in [0.1, 0.15) is 0 Å². The summed E-state index contributed by atoms with van der Waals surface area (Å²) in [5, 5.41) is 0. The predicted molar refractivity (Wildman–Crippen MR) is 89.2 cm³/mol. The zero-order valence-electron chi connectivity index (χ0n) is 13.6. The molecule has 0 aromatic heterocycles. The summed E-state index contributed by atoms with van der Waals surface area (Å²) in [4.78, 5) is 0.338. The highest BCUT2D eigenvalue weighted by Crippen LogP contribution is 2.23. The molecule has 0 unspecified atom stereocenters. The van der Waals surface area contributed by atoms with Crippen molar-refractivity contribution in [1.82, 2.24) is 4.31 Å². The van der Waals surface area contributed by atoms with Gasteiger partial charge in [-0.25, -0.2) is 8.42 Å². The number of aryl methyl sites for hydroxylation is 1. The third-order valence-electron chi connectivity index (χ3n) is 3.43. The molecule has 0 atom stereocenters. The van der Waals surface area contributed by atoms with Crippen LogP contribution in [0.5, 0.6) is 0 Å². The lowest BCUT2D eigenvalue weighted by Gasteiger charge is -2.27. The molecule has 21 heavy (non-hydrogen) atoms. The van der Waals surface area contributed by atoms with Gasteiger partial charge in [-0.1, -0.05) is 26.8 Å². The van der Waals surface area contributed by atoms with Gasteiger partial charge in [0.2, 0.25) is 10.0 Å². The Hall–Kier alpha value is -0.580. The van der Waals surface area contributed by atoms with Crippen LogP contribution in [0.2, 0.25) is 0 Å². The minimum atomic E-state index is -3.48. The van der Waals surface area contributed by atoms with Crippen molar-refractivity contribution in [2.45, 2.75) is 57.9 Å². The van der Waals surface area contributed by atoms with Crippen LogP contribution < -0.4 is 0 Å². The molecular formula is C16H26ClNO2S. The van der Waals surface area contributed by atoms with Crippen LogP contribution in [-0.4, -0.2) is 25.3 Å². The van der Waals surface area contributed by atoms with Crippen LogP contribution >= 0.6 is 11.6 Å². The van der Waals surface area contributed by atoms with Gasteiger partial charge in [-0.3, -0.25) is 0 Å². The Bertz CT molecular complexity index is 568. The summed E-state index contributed by atoms with van der Waals surface area (Å²) in [7, 11) is -3.48. The van der Waals surface area contributed by atoms with Crippen molar-refractivity contribution >= 4 is 21.6 Å². The van der Waals surface area contributed by atoms with Crippen LogP contribution in [0, 0.1) is 5.92 Å². The summed E-state index contributed by atoms with van der Waals surface area (Å²) >= 11 is 5.95. The average molecular weight is 332 g/mol. The molecule has 3 nitrogen and oxygen atoms in total. The third kappa shape index (κ3) is 4.44. The molecule has 0 saturated heterocycles. The van der Waals surface area contributed by atoms with E-state index in [2.05, 4.69) is 0 Å². The van der Waals surface area contributed by atoms with Gasteiger partial charge < -0.3 is 0 Å². The molecule has 0 aliphatic carbocycles. The molecule has 0 amide bonds. The van der Waals surface area contributed by atoms with Gasteiger partial charge in [0.15, 0.2) is 0 Å². The maximum absolute atomic E-state index is 12.9. The molecule has 0 N–H and O–H groups in total. The van der Waals surface area contributed by atoms with Crippen molar-refractivity contribution in [2.75, 3.05) is 6.54 Å². The van der Waals surface area contributed by atoms with E-state index in [1.165, 1.54) is 0 Å². The summed E-state index contributed by atoms with van der Waals surface area (Å²) < 4.78 is 27.3. The van der Waals surface area contributed by atoms with E-state index in [0.29, 0.717) is 17.3 Å². The molecule has 0 aliphatic rings. The number of alkyl halides is 1. The zero-order chi connectivity index (χ0) is 16.2. The second-order valence-electron chi connectivity index (χ2n) is 5.98.